The van der Waals surface area contributed by atoms with Crippen LogP contribution in [0.15, 0.2) is 17.0 Å². The van der Waals surface area contributed by atoms with Crippen molar-refractivity contribution in [2.45, 2.75) is 10.2 Å². The van der Waals surface area contributed by atoms with E-state index >= 15 is 0 Å². The van der Waals surface area contributed by atoms with E-state index in [2.05, 4.69) is 28.6 Å². The fourth-order valence-electron chi connectivity index (χ4n) is 1.08. The Morgan fingerprint density at radius 3 is 2.71 bits per heavy atom. The third kappa shape index (κ3) is 2.08. The van der Waals surface area contributed by atoms with E-state index in [9.17, 15) is 4.79 Å². The van der Waals surface area contributed by atoms with Gasteiger partial charge >= 0.3 is 5.97 Å². The maximum atomic E-state index is 10.8. The number of nitriles is 1. The number of carboxylic acid groups (broad SMARTS) is 1. The van der Waals surface area contributed by atoms with Crippen molar-refractivity contribution >= 4 is 34.5 Å². The van der Waals surface area contributed by atoms with Crippen molar-refractivity contribution in [3.05, 3.63) is 28.8 Å². The fourth-order valence-corrected chi connectivity index (χ4v) is 1.78. The summed E-state index contributed by atoms with van der Waals surface area (Å²) < 4.78 is 0. The second kappa shape index (κ2) is 4.49. The molecule has 3 nitrogen and oxygen atoms in total. The summed E-state index contributed by atoms with van der Waals surface area (Å²) in [7, 11) is 0. The molecule has 0 aliphatic carbocycles. The van der Waals surface area contributed by atoms with Gasteiger partial charge in [0, 0.05) is 10.2 Å². The molecule has 1 rings (SSSR count). The number of thiol groups is 1. The predicted octanol–water partition coefficient (Wildman–Crippen LogP) is 2.44. The molecular weight excluding hydrogens is 266 g/mol. The number of halogens is 1. The Labute approximate surface area is 94.9 Å². The molecule has 0 atom stereocenters. The van der Waals surface area contributed by atoms with Gasteiger partial charge in [0.2, 0.25) is 0 Å². The Morgan fingerprint density at radius 1 is 1.64 bits per heavy atom. The molecule has 0 aliphatic heterocycles. The summed E-state index contributed by atoms with van der Waals surface area (Å²) in [5.41, 5.74) is 0.927. The lowest BCUT2D eigenvalue weighted by molar-refractivity contribution is 0.0693. The van der Waals surface area contributed by atoms with Gasteiger partial charge < -0.3 is 5.11 Å². The van der Waals surface area contributed by atoms with Gasteiger partial charge in [-0.25, -0.2) is 4.79 Å². The first-order valence-corrected chi connectivity index (χ1v) is 5.22. The second-order valence-electron chi connectivity index (χ2n) is 2.59. The van der Waals surface area contributed by atoms with E-state index in [0.717, 1.165) is 5.56 Å². The SMILES string of the molecule is N#Cc1cc(CBr)cc(S)c1C(=O)O. The largest absolute Gasteiger partial charge is 0.478 e. The highest BCUT2D eigenvalue weighted by Crippen LogP contribution is 2.22. The maximum Gasteiger partial charge on any atom is 0.338 e. The quantitative estimate of drug-likeness (QED) is 0.642. The molecule has 14 heavy (non-hydrogen) atoms. The minimum atomic E-state index is -1.13. The van der Waals surface area contributed by atoms with Crippen LogP contribution in [0.4, 0.5) is 0 Å². The van der Waals surface area contributed by atoms with Crippen LogP contribution in [-0.2, 0) is 5.33 Å². The van der Waals surface area contributed by atoms with Crippen molar-refractivity contribution < 1.29 is 9.90 Å². The van der Waals surface area contributed by atoms with E-state index < -0.39 is 5.97 Å². The first-order chi connectivity index (χ1) is 6.60. The topological polar surface area (TPSA) is 61.1 Å². The molecule has 1 aromatic carbocycles. The maximum absolute atomic E-state index is 10.8. The molecule has 0 aromatic heterocycles. The van der Waals surface area contributed by atoms with E-state index in [-0.39, 0.29) is 11.1 Å². The number of carboxylic acids is 1. The van der Waals surface area contributed by atoms with Gasteiger partial charge in [0.25, 0.3) is 0 Å². The molecule has 0 radical (unpaired) electrons. The molecule has 0 bridgehead atoms. The van der Waals surface area contributed by atoms with E-state index in [1.165, 1.54) is 6.07 Å². The Morgan fingerprint density at radius 2 is 2.29 bits per heavy atom. The monoisotopic (exact) mass is 271 g/mol. The van der Waals surface area contributed by atoms with Crippen molar-refractivity contribution in [1.29, 1.82) is 5.26 Å². The Bertz CT molecular complexity index is 426. The van der Waals surface area contributed by atoms with Crippen LogP contribution in [0, 0.1) is 11.3 Å². The zero-order valence-electron chi connectivity index (χ0n) is 6.99. The second-order valence-corrected chi connectivity index (χ2v) is 3.63. The molecule has 0 unspecified atom stereocenters. The number of benzene rings is 1. The zero-order chi connectivity index (χ0) is 10.7. The van der Waals surface area contributed by atoms with Crippen molar-refractivity contribution in [3.63, 3.8) is 0 Å². The summed E-state index contributed by atoms with van der Waals surface area (Å²) in [4.78, 5) is 11.1. The van der Waals surface area contributed by atoms with Crippen molar-refractivity contribution in [1.82, 2.24) is 0 Å². The number of hydrogen-bond donors (Lipinski definition) is 2. The average Bonchev–Trinajstić information content (AvgIpc) is 2.15. The summed E-state index contributed by atoms with van der Waals surface area (Å²) in [6, 6.07) is 5.01. The van der Waals surface area contributed by atoms with Crippen LogP contribution in [-0.4, -0.2) is 11.1 Å². The Hall–Kier alpha value is -0.990. The number of hydrogen-bond acceptors (Lipinski definition) is 3. The van der Waals surface area contributed by atoms with Crippen LogP contribution in [0.25, 0.3) is 0 Å². The van der Waals surface area contributed by atoms with Crippen molar-refractivity contribution in [2.75, 3.05) is 0 Å². The lowest BCUT2D eigenvalue weighted by atomic mass is 10.1. The Balaban J connectivity index is 3.44. The number of aromatic carboxylic acids is 1. The number of nitrogens with zero attached hydrogens (tertiary/aromatic N) is 1. The molecule has 0 saturated carbocycles. The summed E-state index contributed by atoms with van der Waals surface area (Å²) in [6.45, 7) is 0. The first kappa shape index (κ1) is 11.1. The van der Waals surface area contributed by atoms with Gasteiger partial charge in [0.15, 0.2) is 0 Å². The highest BCUT2D eigenvalue weighted by molar-refractivity contribution is 9.08. The van der Waals surface area contributed by atoms with Crippen LogP contribution >= 0.6 is 28.6 Å². The summed E-state index contributed by atoms with van der Waals surface area (Å²) >= 11 is 7.26. The highest BCUT2D eigenvalue weighted by atomic mass is 79.9. The lowest BCUT2D eigenvalue weighted by Gasteiger charge is -2.04. The molecule has 0 amide bonds. The summed E-state index contributed by atoms with van der Waals surface area (Å²) in [5, 5.41) is 18.1. The van der Waals surface area contributed by atoms with E-state index in [1.54, 1.807) is 6.07 Å². The molecular formula is C9H6BrNO2S. The third-order valence-electron chi connectivity index (χ3n) is 1.67. The van der Waals surface area contributed by atoms with Crippen LogP contribution in [0.2, 0.25) is 0 Å². The smallest absolute Gasteiger partial charge is 0.338 e. The first-order valence-electron chi connectivity index (χ1n) is 3.65. The highest BCUT2D eigenvalue weighted by Gasteiger charge is 2.14. The van der Waals surface area contributed by atoms with Gasteiger partial charge in [-0.05, 0) is 17.7 Å². The minimum absolute atomic E-state index is 0.0412. The normalized spacial score (nSPS) is 9.50. The van der Waals surface area contributed by atoms with Gasteiger partial charge in [-0.1, -0.05) is 15.9 Å². The van der Waals surface area contributed by atoms with E-state index in [4.69, 9.17) is 10.4 Å². The molecule has 0 aliphatic rings. The van der Waals surface area contributed by atoms with Crippen LogP contribution < -0.4 is 0 Å². The molecule has 0 heterocycles. The van der Waals surface area contributed by atoms with Gasteiger partial charge in [0.1, 0.15) is 6.07 Å². The van der Waals surface area contributed by atoms with Crippen LogP contribution in [0.3, 0.4) is 0 Å². The fraction of sp³-hybridized carbons (Fsp3) is 0.111. The summed E-state index contributed by atoms with van der Waals surface area (Å²) in [5.74, 6) is -1.13. The van der Waals surface area contributed by atoms with E-state index in [1.807, 2.05) is 6.07 Å². The standard InChI is InChI=1S/C9H6BrNO2S/c10-3-5-1-6(4-11)8(9(12)13)7(14)2-5/h1-2,14H,3H2,(H,12,13). The number of rotatable bonds is 2. The van der Waals surface area contributed by atoms with Crippen molar-refractivity contribution in [2.24, 2.45) is 0 Å². The lowest BCUT2D eigenvalue weighted by Crippen LogP contribution is -2.02. The van der Waals surface area contributed by atoms with Gasteiger partial charge in [-0.3, -0.25) is 0 Å². The average molecular weight is 272 g/mol. The molecule has 0 spiro atoms. The van der Waals surface area contributed by atoms with Gasteiger partial charge in [-0.2, -0.15) is 5.26 Å². The molecule has 1 aromatic rings. The predicted molar refractivity (Wildman–Crippen MR) is 58.0 cm³/mol. The number of carbonyl (C=O) groups is 1. The zero-order valence-corrected chi connectivity index (χ0v) is 9.47. The third-order valence-corrected chi connectivity index (χ3v) is 2.67. The molecule has 0 saturated heterocycles. The van der Waals surface area contributed by atoms with E-state index in [0.29, 0.717) is 10.2 Å². The molecule has 5 heteroatoms. The van der Waals surface area contributed by atoms with Crippen LogP contribution in [0.1, 0.15) is 21.5 Å². The van der Waals surface area contributed by atoms with Crippen molar-refractivity contribution in [3.8, 4) is 6.07 Å². The molecule has 0 fully saturated rings. The van der Waals surface area contributed by atoms with Gasteiger partial charge in [-0.15, -0.1) is 12.6 Å². The van der Waals surface area contributed by atoms with Gasteiger partial charge in [0.05, 0.1) is 11.1 Å². The minimum Gasteiger partial charge on any atom is -0.478 e. The molecule has 72 valence electrons. The summed E-state index contributed by atoms with van der Waals surface area (Å²) in [6.07, 6.45) is 0. The molecule has 1 N–H and O–H groups in total. The number of alkyl halides is 1. The van der Waals surface area contributed by atoms with Crippen LogP contribution in [0.5, 0.6) is 0 Å². The Kier molecular flexibility index (Phi) is 3.55.